The van der Waals surface area contributed by atoms with Crippen LogP contribution < -0.4 is 10.2 Å². The summed E-state index contributed by atoms with van der Waals surface area (Å²) in [6.45, 7) is 2.40. The third kappa shape index (κ3) is 2.99. The number of hydrogen-bond acceptors (Lipinski definition) is 4. The van der Waals surface area contributed by atoms with Crippen molar-refractivity contribution in [2.45, 2.75) is 31.8 Å². The molecule has 0 radical (unpaired) electrons. The van der Waals surface area contributed by atoms with E-state index in [1.165, 1.54) is 12.0 Å². The number of urea groups is 1. The fraction of sp³-hybridized carbons (Fsp3) is 0.471. The summed E-state index contributed by atoms with van der Waals surface area (Å²) in [5.74, 6) is -0.433. The minimum atomic E-state index is -0.514. The van der Waals surface area contributed by atoms with Crippen LogP contribution in [0.1, 0.15) is 18.4 Å². The molecular weight excluding hydrogens is 310 g/mol. The second-order valence-electron chi connectivity index (χ2n) is 6.22. The van der Waals surface area contributed by atoms with Crippen molar-refractivity contribution in [3.05, 3.63) is 29.8 Å². The Bertz CT molecular complexity index is 658. The van der Waals surface area contributed by atoms with Gasteiger partial charge in [0.15, 0.2) is 0 Å². The monoisotopic (exact) mass is 331 g/mol. The number of imide groups is 1. The highest BCUT2D eigenvalue weighted by Gasteiger charge is 2.48. The summed E-state index contributed by atoms with van der Waals surface area (Å²) in [6, 6.07) is 6.39. The normalized spacial score (nSPS) is 23.4. The van der Waals surface area contributed by atoms with Crippen molar-refractivity contribution in [1.82, 2.24) is 10.2 Å². The van der Waals surface area contributed by atoms with Crippen molar-refractivity contribution in [2.75, 3.05) is 25.2 Å². The molecule has 2 fully saturated rings. The molecule has 4 amide bonds. The van der Waals surface area contributed by atoms with Crippen LogP contribution in [0, 0.1) is 6.92 Å². The van der Waals surface area contributed by atoms with E-state index in [2.05, 4.69) is 5.32 Å². The number of piperidine rings is 1. The number of benzene rings is 1. The maximum atomic E-state index is 12.7. The maximum absolute atomic E-state index is 12.7. The van der Waals surface area contributed by atoms with Gasteiger partial charge in [-0.2, -0.15) is 0 Å². The number of ether oxygens (including phenoxy) is 1. The Balaban J connectivity index is 1.73. The Labute approximate surface area is 140 Å². The lowest BCUT2D eigenvalue weighted by Gasteiger charge is -2.32. The van der Waals surface area contributed by atoms with Gasteiger partial charge in [-0.1, -0.05) is 17.7 Å². The lowest BCUT2D eigenvalue weighted by Crippen LogP contribution is -2.50. The van der Waals surface area contributed by atoms with Gasteiger partial charge in [0.1, 0.15) is 12.6 Å². The smallest absolute Gasteiger partial charge is 0.332 e. The lowest BCUT2D eigenvalue weighted by molar-refractivity contribution is -0.127. The highest BCUT2D eigenvalue weighted by atomic mass is 16.5. The summed E-state index contributed by atoms with van der Waals surface area (Å²) >= 11 is 0. The van der Waals surface area contributed by atoms with Crippen molar-refractivity contribution in [1.29, 1.82) is 0 Å². The molecule has 2 atom stereocenters. The average Bonchev–Trinajstić information content (AvgIpc) is 2.80. The van der Waals surface area contributed by atoms with Gasteiger partial charge in [0.25, 0.3) is 5.91 Å². The molecule has 128 valence electrons. The summed E-state index contributed by atoms with van der Waals surface area (Å²) in [5.41, 5.74) is 1.65. The summed E-state index contributed by atoms with van der Waals surface area (Å²) in [6.07, 6.45) is 1.06. The first kappa shape index (κ1) is 16.4. The van der Waals surface area contributed by atoms with Crippen LogP contribution in [0.4, 0.5) is 10.5 Å². The van der Waals surface area contributed by atoms with Gasteiger partial charge in [-0.3, -0.25) is 9.59 Å². The molecule has 0 spiro atoms. The number of fused-ring (bicyclic) bond motifs is 1. The van der Waals surface area contributed by atoms with Gasteiger partial charge in [-0.15, -0.1) is 0 Å². The van der Waals surface area contributed by atoms with Gasteiger partial charge in [0.05, 0.1) is 5.69 Å². The van der Waals surface area contributed by atoms with E-state index in [0.29, 0.717) is 25.1 Å². The number of rotatable bonds is 4. The van der Waals surface area contributed by atoms with Crippen molar-refractivity contribution in [3.8, 4) is 0 Å². The standard InChI is InChI=1S/C17H21N3O4/c1-11-3-5-13(6-4-11)20-16(22)14-9-12(18-15(21)10-24-2)7-8-19(14)17(20)23/h3-6,12,14H,7-10H2,1-2H3,(H,18,21)/t12-,14+/m0/s1. The number of carbonyl (C=O) groups is 3. The molecule has 2 aliphatic rings. The van der Waals surface area contributed by atoms with E-state index in [-0.39, 0.29) is 30.5 Å². The second kappa shape index (κ2) is 6.60. The zero-order valence-electron chi connectivity index (χ0n) is 13.8. The van der Waals surface area contributed by atoms with Gasteiger partial charge in [0, 0.05) is 19.7 Å². The molecule has 0 bridgehead atoms. The number of carbonyl (C=O) groups excluding carboxylic acids is 3. The third-order valence-corrected chi connectivity index (χ3v) is 4.48. The Morgan fingerprint density at radius 1 is 1.29 bits per heavy atom. The predicted molar refractivity (Wildman–Crippen MR) is 87.6 cm³/mol. The van der Waals surface area contributed by atoms with Crippen LogP contribution in [0.25, 0.3) is 0 Å². The summed E-state index contributed by atoms with van der Waals surface area (Å²) in [7, 11) is 1.46. The van der Waals surface area contributed by atoms with Gasteiger partial charge < -0.3 is 15.0 Å². The molecule has 2 heterocycles. The van der Waals surface area contributed by atoms with Crippen LogP contribution in [0.2, 0.25) is 0 Å². The Morgan fingerprint density at radius 3 is 2.67 bits per heavy atom. The minimum Gasteiger partial charge on any atom is -0.375 e. The topological polar surface area (TPSA) is 79.0 Å². The molecule has 0 aliphatic carbocycles. The van der Waals surface area contributed by atoms with Gasteiger partial charge in [0.2, 0.25) is 5.91 Å². The molecule has 0 saturated carbocycles. The van der Waals surface area contributed by atoms with Crippen LogP contribution in [-0.4, -0.2) is 55.1 Å². The number of hydrogen-bond donors (Lipinski definition) is 1. The van der Waals surface area contributed by atoms with Crippen molar-refractivity contribution in [2.24, 2.45) is 0 Å². The Hall–Kier alpha value is -2.41. The number of aryl methyl sites for hydroxylation is 1. The molecule has 0 aromatic heterocycles. The Kier molecular flexibility index (Phi) is 4.53. The predicted octanol–water partition coefficient (Wildman–Crippen LogP) is 1.06. The molecular formula is C17H21N3O4. The molecule has 1 aromatic carbocycles. The van der Waals surface area contributed by atoms with E-state index in [1.807, 2.05) is 19.1 Å². The molecule has 3 rings (SSSR count). The minimum absolute atomic E-state index is 0.00670. The fourth-order valence-corrected chi connectivity index (χ4v) is 3.26. The molecule has 24 heavy (non-hydrogen) atoms. The van der Waals surface area contributed by atoms with Gasteiger partial charge >= 0.3 is 6.03 Å². The molecule has 7 heteroatoms. The Morgan fingerprint density at radius 2 is 2.00 bits per heavy atom. The van der Waals surface area contributed by atoms with Gasteiger partial charge in [-0.25, -0.2) is 9.69 Å². The van der Waals surface area contributed by atoms with E-state index in [1.54, 1.807) is 17.0 Å². The summed E-state index contributed by atoms with van der Waals surface area (Å²) in [5, 5.41) is 2.86. The first-order valence-electron chi connectivity index (χ1n) is 8.01. The first-order chi connectivity index (χ1) is 11.5. The number of nitrogens with zero attached hydrogens (tertiary/aromatic N) is 2. The number of methoxy groups -OCH3 is 1. The van der Waals surface area contributed by atoms with Crippen LogP contribution in [0.5, 0.6) is 0 Å². The van der Waals surface area contributed by atoms with E-state index in [0.717, 1.165) is 5.56 Å². The number of anilines is 1. The van der Waals surface area contributed by atoms with Crippen LogP contribution in [-0.2, 0) is 14.3 Å². The van der Waals surface area contributed by atoms with Crippen molar-refractivity contribution in [3.63, 3.8) is 0 Å². The lowest BCUT2D eigenvalue weighted by atomic mass is 9.98. The van der Waals surface area contributed by atoms with Gasteiger partial charge in [-0.05, 0) is 31.9 Å². The second-order valence-corrected chi connectivity index (χ2v) is 6.22. The van der Waals surface area contributed by atoms with Crippen LogP contribution in [0.3, 0.4) is 0 Å². The quantitative estimate of drug-likeness (QED) is 0.837. The van der Waals surface area contributed by atoms with Crippen molar-refractivity contribution < 1.29 is 19.1 Å². The summed E-state index contributed by atoms with van der Waals surface area (Å²) in [4.78, 5) is 39.8. The molecule has 1 N–H and O–H groups in total. The van der Waals surface area contributed by atoms with E-state index in [4.69, 9.17) is 4.74 Å². The van der Waals surface area contributed by atoms with E-state index >= 15 is 0 Å². The largest absolute Gasteiger partial charge is 0.375 e. The average molecular weight is 331 g/mol. The van der Waals surface area contributed by atoms with E-state index in [9.17, 15) is 14.4 Å². The third-order valence-electron chi connectivity index (χ3n) is 4.48. The zero-order chi connectivity index (χ0) is 17.3. The molecule has 1 aromatic rings. The molecule has 2 saturated heterocycles. The molecule has 2 aliphatic heterocycles. The number of amides is 4. The highest BCUT2D eigenvalue weighted by Crippen LogP contribution is 2.30. The van der Waals surface area contributed by atoms with Crippen LogP contribution >= 0.6 is 0 Å². The van der Waals surface area contributed by atoms with Crippen LogP contribution in [0.15, 0.2) is 24.3 Å². The van der Waals surface area contributed by atoms with E-state index < -0.39 is 6.04 Å². The highest BCUT2D eigenvalue weighted by molar-refractivity contribution is 6.21. The fourth-order valence-electron chi connectivity index (χ4n) is 3.26. The molecule has 0 unspecified atom stereocenters. The van der Waals surface area contributed by atoms with Crippen molar-refractivity contribution >= 4 is 23.5 Å². The summed E-state index contributed by atoms with van der Waals surface area (Å²) < 4.78 is 4.80. The molecule has 7 nitrogen and oxygen atoms in total. The SMILES string of the molecule is COCC(=O)N[C@H]1CCN2C(=O)N(c3ccc(C)cc3)C(=O)[C@H]2C1. The first-order valence-corrected chi connectivity index (χ1v) is 8.01. The zero-order valence-corrected chi connectivity index (χ0v) is 13.8. The maximum Gasteiger partial charge on any atom is 0.332 e. The number of nitrogens with one attached hydrogen (secondary N) is 1.